The second kappa shape index (κ2) is 7.69. The van der Waals surface area contributed by atoms with Gasteiger partial charge in [-0.1, -0.05) is 24.6 Å². The van der Waals surface area contributed by atoms with Gasteiger partial charge in [-0.3, -0.25) is 19.4 Å². The molecule has 1 aromatic heterocycles. The minimum atomic E-state index is -0.884. The quantitative estimate of drug-likeness (QED) is 0.740. The molecule has 2 amide bonds. The Morgan fingerprint density at radius 2 is 2.00 bits per heavy atom. The van der Waals surface area contributed by atoms with Crippen molar-refractivity contribution in [1.29, 1.82) is 0 Å². The molecular formula is C21H25N5O3. The van der Waals surface area contributed by atoms with Gasteiger partial charge >= 0.3 is 0 Å². The summed E-state index contributed by atoms with van der Waals surface area (Å²) in [5.41, 5.74) is 1.53. The minimum absolute atomic E-state index is 0.0877. The van der Waals surface area contributed by atoms with Crippen LogP contribution in [-0.4, -0.2) is 34.9 Å². The summed E-state index contributed by atoms with van der Waals surface area (Å²) in [5.74, 6) is -0.463. The van der Waals surface area contributed by atoms with E-state index >= 15 is 0 Å². The lowest BCUT2D eigenvalue weighted by Gasteiger charge is -2.32. The van der Waals surface area contributed by atoms with Crippen molar-refractivity contribution in [1.82, 2.24) is 9.97 Å². The van der Waals surface area contributed by atoms with Gasteiger partial charge in [-0.15, -0.1) is 0 Å². The Hall–Kier alpha value is -3.16. The first-order valence-electron chi connectivity index (χ1n) is 9.97. The zero-order chi connectivity index (χ0) is 20.5. The number of anilines is 3. The average molecular weight is 395 g/mol. The van der Waals surface area contributed by atoms with E-state index < -0.39 is 11.8 Å². The topological polar surface area (TPSA) is 107 Å². The summed E-state index contributed by atoms with van der Waals surface area (Å²) < 4.78 is 0. The fourth-order valence-electron chi connectivity index (χ4n) is 3.98. The molecule has 8 heteroatoms. The first-order chi connectivity index (χ1) is 13.9. The highest BCUT2D eigenvalue weighted by molar-refractivity contribution is 6.04. The summed E-state index contributed by atoms with van der Waals surface area (Å²) in [7, 11) is 0. The number of H-pyrrole nitrogens is 1. The second-order valence-electron chi connectivity index (χ2n) is 8.01. The van der Waals surface area contributed by atoms with Gasteiger partial charge < -0.3 is 15.5 Å². The molecule has 2 aliphatic heterocycles. The van der Waals surface area contributed by atoms with E-state index in [0.29, 0.717) is 17.6 Å². The molecule has 4 rings (SSSR count). The number of fused-ring (bicyclic) bond motifs is 1. The van der Waals surface area contributed by atoms with Crippen molar-refractivity contribution in [3.63, 3.8) is 0 Å². The van der Waals surface area contributed by atoms with Crippen molar-refractivity contribution in [2.75, 3.05) is 28.6 Å². The average Bonchev–Trinajstić information content (AvgIpc) is 2.68. The second-order valence-corrected chi connectivity index (χ2v) is 8.01. The van der Waals surface area contributed by atoms with Gasteiger partial charge in [-0.25, -0.2) is 0 Å². The van der Waals surface area contributed by atoms with Crippen molar-refractivity contribution >= 4 is 29.3 Å². The summed E-state index contributed by atoms with van der Waals surface area (Å²) in [5, 5.41) is 5.47. The van der Waals surface area contributed by atoms with Gasteiger partial charge in [0.25, 0.3) is 5.56 Å². The zero-order valence-electron chi connectivity index (χ0n) is 16.6. The van der Waals surface area contributed by atoms with Crippen LogP contribution in [0.1, 0.15) is 43.2 Å². The van der Waals surface area contributed by atoms with E-state index in [1.807, 2.05) is 24.0 Å². The van der Waals surface area contributed by atoms with E-state index in [1.54, 1.807) is 12.1 Å². The van der Waals surface area contributed by atoms with Crippen molar-refractivity contribution in [2.45, 2.75) is 39.0 Å². The standard InChI is InChI=1S/C21H25N5O3/c1-12-5-7-14(8-6-12)22-19(28)15-10-16(27)23-18-17(15)20(29)25-21(24-18)26-9-3-4-13(2)11-26/h5-8,13,15H,3-4,9-11H2,1-2H3,(H,22,28)(H2,23,24,25,27,29)/t13-,15-/m0/s1. The molecule has 8 nitrogen and oxygen atoms in total. The molecule has 1 fully saturated rings. The van der Waals surface area contributed by atoms with E-state index in [2.05, 4.69) is 27.5 Å². The van der Waals surface area contributed by atoms with Crippen molar-refractivity contribution in [3.05, 3.63) is 45.7 Å². The largest absolute Gasteiger partial charge is 0.342 e. The predicted molar refractivity (Wildman–Crippen MR) is 111 cm³/mol. The molecule has 0 radical (unpaired) electrons. The number of aryl methyl sites for hydroxylation is 1. The molecule has 0 bridgehead atoms. The lowest BCUT2D eigenvalue weighted by Crippen LogP contribution is -2.40. The number of benzene rings is 1. The van der Waals surface area contributed by atoms with Crippen molar-refractivity contribution in [3.8, 4) is 0 Å². The van der Waals surface area contributed by atoms with Crippen LogP contribution in [0.25, 0.3) is 0 Å². The van der Waals surface area contributed by atoms with Crippen LogP contribution in [-0.2, 0) is 9.59 Å². The van der Waals surface area contributed by atoms with E-state index in [1.165, 1.54) is 0 Å². The highest BCUT2D eigenvalue weighted by atomic mass is 16.2. The van der Waals surface area contributed by atoms with Gasteiger partial charge in [0.2, 0.25) is 17.8 Å². The molecule has 1 saturated heterocycles. The molecule has 0 aliphatic carbocycles. The normalized spacial score (nSPS) is 21.3. The maximum atomic E-state index is 12.9. The van der Waals surface area contributed by atoms with Crippen LogP contribution in [0, 0.1) is 12.8 Å². The molecule has 152 valence electrons. The summed E-state index contributed by atoms with van der Waals surface area (Å²) >= 11 is 0. The zero-order valence-corrected chi connectivity index (χ0v) is 16.6. The van der Waals surface area contributed by atoms with Gasteiger partial charge in [0.15, 0.2) is 0 Å². The Labute approximate surface area is 168 Å². The third-order valence-electron chi connectivity index (χ3n) is 5.53. The van der Waals surface area contributed by atoms with Crippen LogP contribution in [0.15, 0.2) is 29.1 Å². The number of nitrogens with zero attached hydrogens (tertiary/aromatic N) is 2. The summed E-state index contributed by atoms with van der Waals surface area (Å²) in [6.45, 7) is 5.72. The molecule has 3 heterocycles. The van der Waals surface area contributed by atoms with E-state index in [9.17, 15) is 14.4 Å². The first kappa shape index (κ1) is 19.2. The highest BCUT2D eigenvalue weighted by Crippen LogP contribution is 2.31. The maximum absolute atomic E-state index is 12.9. The molecule has 2 aliphatic rings. The van der Waals surface area contributed by atoms with E-state index in [0.717, 1.165) is 31.5 Å². The predicted octanol–water partition coefficient (Wildman–Crippen LogP) is 2.38. The molecule has 0 spiro atoms. The summed E-state index contributed by atoms with van der Waals surface area (Å²) in [6, 6.07) is 7.36. The van der Waals surface area contributed by atoms with Crippen molar-refractivity contribution < 1.29 is 9.59 Å². The van der Waals surface area contributed by atoms with Gasteiger partial charge in [-0.2, -0.15) is 4.98 Å². The number of rotatable bonds is 3. The molecule has 2 atom stereocenters. The Morgan fingerprint density at radius 3 is 2.72 bits per heavy atom. The smallest absolute Gasteiger partial charge is 0.258 e. The molecule has 0 unspecified atom stereocenters. The number of aromatic amines is 1. The van der Waals surface area contributed by atoms with Crippen LogP contribution in [0.2, 0.25) is 0 Å². The number of hydrogen-bond acceptors (Lipinski definition) is 5. The van der Waals surface area contributed by atoms with Gasteiger partial charge in [0, 0.05) is 25.2 Å². The number of aromatic nitrogens is 2. The van der Waals surface area contributed by atoms with Crippen LogP contribution < -0.4 is 21.1 Å². The summed E-state index contributed by atoms with van der Waals surface area (Å²) in [4.78, 5) is 47.3. The fraction of sp³-hybridized carbons (Fsp3) is 0.429. The van der Waals surface area contributed by atoms with E-state index in [-0.39, 0.29) is 29.3 Å². The van der Waals surface area contributed by atoms with Crippen LogP contribution in [0.4, 0.5) is 17.5 Å². The Bertz CT molecular complexity index is 998. The number of piperidine rings is 1. The molecule has 0 saturated carbocycles. The molecule has 1 aromatic carbocycles. The van der Waals surface area contributed by atoms with Crippen LogP contribution in [0.3, 0.4) is 0 Å². The van der Waals surface area contributed by atoms with E-state index in [4.69, 9.17) is 0 Å². The molecule has 2 aromatic rings. The SMILES string of the molecule is Cc1ccc(NC(=O)[C@H]2CC(=O)Nc3nc(N4CCC[C@H](C)C4)[nH]c(=O)c32)cc1. The summed E-state index contributed by atoms with van der Waals surface area (Å²) in [6.07, 6.45) is 2.08. The van der Waals surface area contributed by atoms with Gasteiger partial charge in [0.1, 0.15) is 5.82 Å². The number of carbonyl (C=O) groups is 2. The lowest BCUT2D eigenvalue weighted by molar-refractivity contribution is -0.123. The van der Waals surface area contributed by atoms with Gasteiger partial charge in [-0.05, 0) is 37.8 Å². The Kier molecular flexibility index (Phi) is 5.08. The third-order valence-corrected chi connectivity index (χ3v) is 5.53. The van der Waals surface area contributed by atoms with Crippen molar-refractivity contribution in [2.24, 2.45) is 5.92 Å². The third kappa shape index (κ3) is 4.01. The number of nitrogens with one attached hydrogen (secondary N) is 3. The van der Waals surface area contributed by atoms with Gasteiger partial charge in [0.05, 0.1) is 11.5 Å². The monoisotopic (exact) mass is 395 g/mol. The molecule has 29 heavy (non-hydrogen) atoms. The minimum Gasteiger partial charge on any atom is -0.342 e. The van der Waals surface area contributed by atoms with Crippen LogP contribution >= 0.6 is 0 Å². The molecular weight excluding hydrogens is 370 g/mol. The molecule has 3 N–H and O–H groups in total. The van der Waals surface area contributed by atoms with Crippen LogP contribution in [0.5, 0.6) is 0 Å². The first-order valence-corrected chi connectivity index (χ1v) is 9.97. The number of hydrogen-bond donors (Lipinski definition) is 3. The maximum Gasteiger partial charge on any atom is 0.258 e. The lowest BCUT2D eigenvalue weighted by atomic mass is 9.92. The number of carbonyl (C=O) groups excluding carboxylic acids is 2. The Morgan fingerprint density at radius 1 is 1.24 bits per heavy atom. The fourth-order valence-corrected chi connectivity index (χ4v) is 3.98. The Balaban J connectivity index is 1.63. The highest BCUT2D eigenvalue weighted by Gasteiger charge is 2.35. The number of amides is 2.